The van der Waals surface area contributed by atoms with Crippen LogP contribution in [0.5, 0.6) is 0 Å². The number of aromatic nitrogens is 3. The van der Waals surface area contributed by atoms with Crippen LogP contribution in [-0.2, 0) is 22.7 Å². The Balaban J connectivity index is 2.47. The SMILES string of the molecule is CC(C)(NC(=O)NCc1cn(CC(=O)O)nn1)C(N)=O. The highest BCUT2D eigenvalue weighted by Gasteiger charge is 2.26. The van der Waals surface area contributed by atoms with E-state index in [2.05, 4.69) is 20.9 Å². The van der Waals surface area contributed by atoms with E-state index < -0.39 is 23.4 Å². The summed E-state index contributed by atoms with van der Waals surface area (Å²) in [6, 6.07) is -0.596. The number of amides is 3. The van der Waals surface area contributed by atoms with Crippen molar-refractivity contribution < 1.29 is 19.5 Å². The average Bonchev–Trinajstić information content (AvgIpc) is 2.72. The normalized spacial score (nSPS) is 10.9. The molecule has 0 atom stereocenters. The lowest BCUT2D eigenvalue weighted by molar-refractivity contribution is -0.137. The smallest absolute Gasteiger partial charge is 0.325 e. The molecule has 0 unspecified atom stereocenters. The summed E-state index contributed by atoms with van der Waals surface area (Å²) in [7, 11) is 0. The van der Waals surface area contributed by atoms with Gasteiger partial charge in [0.1, 0.15) is 17.8 Å². The number of carboxylic acid groups (broad SMARTS) is 1. The second-order valence-corrected chi connectivity index (χ2v) is 4.60. The van der Waals surface area contributed by atoms with Gasteiger partial charge >= 0.3 is 12.0 Å². The summed E-state index contributed by atoms with van der Waals surface area (Å²) in [5.74, 6) is -1.71. The fourth-order valence-electron chi connectivity index (χ4n) is 1.20. The summed E-state index contributed by atoms with van der Waals surface area (Å²) in [5.41, 5.74) is 4.32. The molecule has 10 heteroatoms. The van der Waals surface area contributed by atoms with Crippen molar-refractivity contribution in [2.75, 3.05) is 0 Å². The second-order valence-electron chi connectivity index (χ2n) is 4.60. The number of rotatable bonds is 6. The third-order valence-corrected chi connectivity index (χ3v) is 2.36. The fraction of sp³-hybridized carbons (Fsp3) is 0.500. The summed E-state index contributed by atoms with van der Waals surface area (Å²) in [4.78, 5) is 33.0. The number of hydrogen-bond donors (Lipinski definition) is 4. The van der Waals surface area contributed by atoms with Gasteiger partial charge in [-0.1, -0.05) is 5.21 Å². The lowest BCUT2D eigenvalue weighted by Crippen LogP contribution is -2.55. The molecule has 3 amide bonds. The number of urea groups is 1. The van der Waals surface area contributed by atoms with Crippen LogP contribution < -0.4 is 16.4 Å². The first-order chi connectivity index (χ1) is 9.20. The van der Waals surface area contributed by atoms with E-state index in [0.717, 1.165) is 4.68 Å². The maximum absolute atomic E-state index is 11.5. The first-order valence-electron chi connectivity index (χ1n) is 5.67. The van der Waals surface area contributed by atoms with Crippen LogP contribution in [0.25, 0.3) is 0 Å². The molecule has 1 heterocycles. The van der Waals surface area contributed by atoms with Gasteiger partial charge in [0.25, 0.3) is 0 Å². The number of nitrogens with zero attached hydrogens (tertiary/aromatic N) is 3. The van der Waals surface area contributed by atoms with Crippen molar-refractivity contribution in [3.63, 3.8) is 0 Å². The summed E-state index contributed by atoms with van der Waals surface area (Å²) in [6.07, 6.45) is 1.40. The lowest BCUT2D eigenvalue weighted by Gasteiger charge is -2.22. The molecule has 1 aromatic heterocycles. The molecule has 0 aliphatic heterocycles. The zero-order valence-corrected chi connectivity index (χ0v) is 11.1. The number of carbonyl (C=O) groups excluding carboxylic acids is 2. The topological polar surface area (TPSA) is 152 Å². The lowest BCUT2D eigenvalue weighted by atomic mass is 10.1. The van der Waals surface area contributed by atoms with Crippen molar-refractivity contribution in [2.45, 2.75) is 32.5 Å². The van der Waals surface area contributed by atoms with Crippen molar-refractivity contribution in [1.82, 2.24) is 25.6 Å². The predicted molar refractivity (Wildman–Crippen MR) is 66.3 cm³/mol. The molecule has 1 rings (SSSR count). The molecular formula is C10H16N6O4. The zero-order chi connectivity index (χ0) is 15.3. The first kappa shape index (κ1) is 15.4. The Hall–Kier alpha value is -2.65. The van der Waals surface area contributed by atoms with Crippen molar-refractivity contribution in [3.05, 3.63) is 11.9 Å². The van der Waals surface area contributed by atoms with E-state index in [1.54, 1.807) is 0 Å². The van der Waals surface area contributed by atoms with Crippen LogP contribution in [0.15, 0.2) is 6.20 Å². The van der Waals surface area contributed by atoms with Crippen molar-refractivity contribution in [1.29, 1.82) is 0 Å². The van der Waals surface area contributed by atoms with E-state index in [0.29, 0.717) is 5.69 Å². The molecule has 0 bridgehead atoms. The number of carboxylic acids is 1. The van der Waals surface area contributed by atoms with Crippen LogP contribution in [0, 0.1) is 0 Å². The Morgan fingerprint density at radius 3 is 2.65 bits per heavy atom. The Morgan fingerprint density at radius 2 is 2.10 bits per heavy atom. The van der Waals surface area contributed by atoms with Crippen molar-refractivity contribution >= 4 is 17.9 Å². The van der Waals surface area contributed by atoms with Crippen molar-refractivity contribution in [2.24, 2.45) is 5.73 Å². The van der Waals surface area contributed by atoms with Crippen LogP contribution >= 0.6 is 0 Å². The minimum Gasteiger partial charge on any atom is -0.480 e. The molecule has 10 nitrogen and oxygen atoms in total. The molecule has 0 spiro atoms. The summed E-state index contributed by atoms with van der Waals surface area (Å²) >= 11 is 0. The van der Waals surface area contributed by atoms with Gasteiger partial charge in [-0.25, -0.2) is 9.48 Å². The number of hydrogen-bond acceptors (Lipinski definition) is 5. The minimum absolute atomic E-state index is 0.0420. The Labute approximate surface area is 114 Å². The molecule has 0 saturated heterocycles. The number of primary amides is 1. The Kier molecular flexibility index (Phi) is 4.62. The number of aliphatic carboxylic acids is 1. The van der Waals surface area contributed by atoms with E-state index in [1.807, 2.05) is 0 Å². The maximum atomic E-state index is 11.5. The fourth-order valence-corrected chi connectivity index (χ4v) is 1.20. The number of carbonyl (C=O) groups is 3. The monoisotopic (exact) mass is 284 g/mol. The van der Waals surface area contributed by atoms with Crippen molar-refractivity contribution in [3.8, 4) is 0 Å². The van der Waals surface area contributed by atoms with E-state index >= 15 is 0 Å². The van der Waals surface area contributed by atoms with Crippen LogP contribution in [0.4, 0.5) is 4.79 Å². The molecule has 5 N–H and O–H groups in total. The van der Waals surface area contributed by atoms with Gasteiger partial charge in [0.2, 0.25) is 5.91 Å². The van der Waals surface area contributed by atoms with Gasteiger partial charge in [0, 0.05) is 0 Å². The highest BCUT2D eigenvalue weighted by molar-refractivity contribution is 5.88. The van der Waals surface area contributed by atoms with E-state index in [4.69, 9.17) is 10.8 Å². The Morgan fingerprint density at radius 1 is 1.45 bits per heavy atom. The van der Waals surface area contributed by atoms with Gasteiger partial charge < -0.3 is 21.5 Å². The van der Waals surface area contributed by atoms with Gasteiger partial charge in [-0.2, -0.15) is 0 Å². The molecule has 0 aromatic carbocycles. The second kappa shape index (κ2) is 5.99. The van der Waals surface area contributed by atoms with E-state index in [-0.39, 0.29) is 13.1 Å². The third-order valence-electron chi connectivity index (χ3n) is 2.36. The van der Waals surface area contributed by atoms with E-state index in [9.17, 15) is 14.4 Å². The number of nitrogens with two attached hydrogens (primary N) is 1. The molecule has 0 aliphatic rings. The molecule has 110 valence electrons. The molecule has 0 radical (unpaired) electrons. The third kappa shape index (κ3) is 4.55. The maximum Gasteiger partial charge on any atom is 0.325 e. The summed E-state index contributed by atoms with van der Waals surface area (Å²) in [5, 5.41) is 20.7. The molecular weight excluding hydrogens is 268 g/mol. The summed E-state index contributed by atoms with van der Waals surface area (Å²) < 4.78 is 1.13. The van der Waals surface area contributed by atoms with Crippen LogP contribution in [-0.4, -0.2) is 43.5 Å². The number of nitrogens with one attached hydrogen (secondary N) is 2. The zero-order valence-electron chi connectivity index (χ0n) is 11.1. The van der Waals surface area contributed by atoms with Gasteiger partial charge in [-0.15, -0.1) is 5.10 Å². The van der Waals surface area contributed by atoms with Crippen LogP contribution in [0.1, 0.15) is 19.5 Å². The minimum atomic E-state index is -1.18. The van der Waals surface area contributed by atoms with Crippen LogP contribution in [0.3, 0.4) is 0 Å². The highest BCUT2D eigenvalue weighted by atomic mass is 16.4. The predicted octanol–water partition coefficient (Wildman–Crippen LogP) is -1.57. The van der Waals surface area contributed by atoms with Crippen LogP contribution in [0.2, 0.25) is 0 Å². The van der Waals surface area contributed by atoms with Gasteiger partial charge in [-0.05, 0) is 13.8 Å². The average molecular weight is 284 g/mol. The quantitative estimate of drug-likeness (QED) is 0.495. The Bertz CT molecular complexity index is 524. The van der Waals surface area contributed by atoms with E-state index in [1.165, 1.54) is 20.0 Å². The summed E-state index contributed by atoms with van der Waals surface area (Å²) in [6.45, 7) is 2.67. The largest absolute Gasteiger partial charge is 0.480 e. The molecule has 0 saturated carbocycles. The highest BCUT2D eigenvalue weighted by Crippen LogP contribution is 2.00. The standard InChI is InChI=1S/C10H16N6O4/c1-10(2,8(11)19)13-9(20)12-3-6-4-16(15-14-6)5-7(17)18/h4H,3,5H2,1-2H3,(H2,11,19)(H,17,18)(H2,12,13,20). The molecule has 1 aromatic rings. The molecule has 0 aliphatic carbocycles. The van der Waals surface area contributed by atoms with Gasteiger partial charge in [0.15, 0.2) is 0 Å². The first-order valence-corrected chi connectivity index (χ1v) is 5.67. The molecule has 0 fully saturated rings. The molecule has 20 heavy (non-hydrogen) atoms. The van der Waals surface area contributed by atoms with Gasteiger partial charge in [-0.3, -0.25) is 9.59 Å². The van der Waals surface area contributed by atoms with Gasteiger partial charge in [0.05, 0.1) is 12.7 Å².